The van der Waals surface area contributed by atoms with E-state index in [2.05, 4.69) is 10.3 Å². The van der Waals surface area contributed by atoms with Crippen molar-refractivity contribution in [3.05, 3.63) is 88.0 Å². The van der Waals surface area contributed by atoms with Gasteiger partial charge in [0.25, 0.3) is 5.91 Å². The monoisotopic (exact) mass is 372 g/mol. The predicted octanol–water partition coefficient (Wildman–Crippen LogP) is 5.11. The second kappa shape index (κ2) is 8.01. The number of pyridine rings is 1. The Bertz CT molecular complexity index is 868. The number of halogens is 2. The third kappa shape index (κ3) is 4.72. The van der Waals surface area contributed by atoms with E-state index in [1.165, 1.54) is 12.3 Å². The van der Waals surface area contributed by atoms with Gasteiger partial charge in [0.2, 0.25) is 5.88 Å². The molecule has 1 aromatic heterocycles. The first-order valence-electron chi connectivity index (χ1n) is 7.53. The van der Waals surface area contributed by atoms with Crippen molar-refractivity contribution in [3.8, 4) is 11.6 Å². The van der Waals surface area contributed by atoms with Crippen molar-refractivity contribution in [2.45, 2.75) is 6.54 Å². The van der Waals surface area contributed by atoms with Crippen LogP contribution in [0, 0.1) is 0 Å². The summed E-state index contributed by atoms with van der Waals surface area (Å²) >= 11 is 11.9. The molecule has 0 saturated heterocycles. The van der Waals surface area contributed by atoms with Crippen LogP contribution in [0.1, 0.15) is 15.9 Å². The van der Waals surface area contributed by atoms with E-state index in [0.29, 0.717) is 22.3 Å². The molecule has 0 atom stereocenters. The number of carbonyl (C=O) groups is 1. The number of hydrogen-bond acceptors (Lipinski definition) is 3. The van der Waals surface area contributed by atoms with Crippen LogP contribution in [0.25, 0.3) is 0 Å². The summed E-state index contributed by atoms with van der Waals surface area (Å²) in [5, 5.41) is 3.79. The van der Waals surface area contributed by atoms with Gasteiger partial charge in [-0.15, -0.1) is 0 Å². The molecule has 0 bridgehead atoms. The molecule has 3 aromatic rings. The van der Waals surface area contributed by atoms with Gasteiger partial charge in [-0.3, -0.25) is 4.79 Å². The molecule has 0 radical (unpaired) electrons. The van der Waals surface area contributed by atoms with Crippen molar-refractivity contribution < 1.29 is 9.53 Å². The van der Waals surface area contributed by atoms with E-state index >= 15 is 0 Å². The molecule has 126 valence electrons. The number of carbonyl (C=O) groups excluding carboxylic acids is 1. The molecule has 0 spiro atoms. The van der Waals surface area contributed by atoms with E-state index in [1.54, 1.807) is 24.3 Å². The first-order valence-corrected chi connectivity index (χ1v) is 8.28. The van der Waals surface area contributed by atoms with Gasteiger partial charge in [0, 0.05) is 17.8 Å². The molecule has 25 heavy (non-hydrogen) atoms. The van der Waals surface area contributed by atoms with E-state index in [9.17, 15) is 4.79 Å². The molecular weight excluding hydrogens is 359 g/mol. The summed E-state index contributed by atoms with van der Waals surface area (Å²) in [6.07, 6.45) is 1.43. The molecule has 0 saturated carbocycles. The van der Waals surface area contributed by atoms with Crippen molar-refractivity contribution in [2.24, 2.45) is 0 Å². The number of rotatable bonds is 5. The third-order valence-corrected chi connectivity index (χ3v) is 3.85. The zero-order chi connectivity index (χ0) is 17.6. The van der Waals surface area contributed by atoms with E-state index in [0.717, 1.165) is 5.56 Å². The first-order chi connectivity index (χ1) is 12.1. The predicted molar refractivity (Wildman–Crippen MR) is 98.4 cm³/mol. The summed E-state index contributed by atoms with van der Waals surface area (Å²) in [6, 6.07) is 17.9. The normalized spacial score (nSPS) is 10.3. The van der Waals surface area contributed by atoms with Gasteiger partial charge < -0.3 is 10.1 Å². The molecule has 1 heterocycles. The van der Waals surface area contributed by atoms with Gasteiger partial charge in [-0.25, -0.2) is 4.98 Å². The molecular formula is C19H14Cl2N2O2. The number of ether oxygens (including phenoxy) is 1. The minimum atomic E-state index is -0.317. The van der Waals surface area contributed by atoms with Gasteiger partial charge in [-0.2, -0.15) is 0 Å². The Morgan fingerprint density at radius 1 is 1.00 bits per heavy atom. The second-order valence-electron chi connectivity index (χ2n) is 5.23. The Balaban J connectivity index is 1.78. The zero-order valence-corrected chi connectivity index (χ0v) is 14.6. The van der Waals surface area contributed by atoms with Gasteiger partial charge in [0.05, 0.1) is 5.02 Å². The average molecular weight is 373 g/mol. The third-order valence-electron chi connectivity index (χ3n) is 3.39. The summed E-state index contributed by atoms with van der Waals surface area (Å²) in [4.78, 5) is 16.6. The van der Waals surface area contributed by atoms with E-state index in [-0.39, 0.29) is 17.4 Å². The first kappa shape index (κ1) is 17.3. The Morgan fingerprint density at radius 3 is 2.44 bits per heavy atom. The maximum atomic E-state index is 12.5. The van der Waals surface area contributed by atoms with Crippen molar-refractivity contribution >= 4 is 29.1 Å². The lowest BCUT2D eigenvalue weighted by molar-refractivity contribution is 0.0948. The number of nitrogens with one attached hydrogen (secondary N) is 1. The molecule has 1 N–H and O–H groups in total. The van der Waals surface area contributed by atoms with Crippen LogP contribution in [0.4, 0.5) is 0 Å². The lowest BCUT2D eigenvalue weighted by Crippen LogP contribution is -2.23. The molecule has 4 nitrogen and oxygen atoms in total. The van der Waals surface area contributed by atoms with Gasteiger partial charge in [0.1, 0.15) is 11.3 Å². The van der Waals surface area contributed by atoms with Crippen LogP contribution in [-0.4, -0.2) is 10.9 Å². The Hall–Kier alpha value is -2.56. The topological polar surface area (TPSA) is 51.2 Å². The molecule has 0 fully saturated rings. The molecule has 6 heteroatoms. The highest BCUT2D eigenvalue weighted by Gasteiger charge is 2.15. The second-order valence-corrected chi connectivity index (χ2v) is 6.10. The van der Waals surface area contributed by atoms with E-state index in [4.69, 9.17) is 27.9 Å². The number of nitrogens with zero attached hydrogens (tertiary/aromatic N) is 1. The van der Waals surface area contributed by atoms with Crippen LogP contribution in [-0.2, 0) is 6.54 Å². The van der Waals surface area contributed by atoms with Crippen molar-refractivity contribution in [3.63, 3.8) is 0 Å². The SMILES string of the molecule is O=C(NCc1ccccc1)c1cc(Cl)cnc1Oc1ccc(Cl)cc1. The average Bonchev–Trinajstić information content (AvgIpc) is 2.64. The largest absolute Gasteiger partial charge is 0.438 e. The fraction of sp³-hybridized carbons (Fsp3) is 0.0526. The maximum absolute atomic E-state index is 12.5. The minimum Gasteiger partial charge on any atom is -0.438 e. The van der Waals surface area contributed by atoms with Gasteiger partial charge in [-0.05, 0) is 35.9 Å². The smallest absolute Gasteiger partial charge is 0.257 e. The van der Waals surface area contributed by atoms with Crippen molar-refractivity contribution in [1.29, 1.82) is 0 Å². The molecule has 2 aromatic carbocycles. The standard InChI is InChI=1S/C19H14Cl2N2O2/c20-14-6-8-16(9-7-14)25-19-17(10-15(21)12-23-19)18(24)22-11-13-4-2-1-3-5-13/h1-10,12H,11H2,(H,22,24). The summed E-state index contributed by atoms with van der Waals surface area (Å²) in [6.45, 7) is 0.395. The maximum Gasteiger partial charge on any atom is 0.257 e. The number of amides is 1. The molecule has 0 aliphatic carbocycles. The van der Waals surface area contributed by atoms with Crippen LogP contribution in [0.3, 0.4) is 0 Å². The highest BCUT2D eigenvalue weighted by atomic mass is 35.5. The van der Waals surface area contributed by atoms with Crippen molar-refractivity contribution in [2.75, 3.05) is 0 Å². The zero-order valence-electron chi connectivity index (χ0n) is 13.1. The highest BCUT2D eigenvalue weighted by molar-refractivity contribution is 6.31. The van der Waals surface area contributed by atoms with Gasteiger partial charge in [0.15, 0.2) is 0 Å². The molecule has 0 aliphatic heterocycles. The number of aromatic nitrogens is 1. The van der Waals surface area contributed by atoms with Crippen LogP contribution in [0.15, 0.2) is 66.9 Å². The fourth-order valence-corrected chi connectivity index (χ4v) is 2.44. The minimum absolute atomic E-state index is 0.178. The number of benzene rings is 2. The Morgan fingerprint density at radius 2 is 1.72 bits per heavy atom. The lowest BCUT2D eigenvalue weighted by Gasteiger charge is -2.11. The van der Waals surface area contributed by atoms with Crippen LogP contribution >= 0.6 is 23.2 Å². The summed E-state index contributed by atoms with van der Waals surface area (Å²) in [5.41, 5.74) is 1.25. The van der Waals surface area contributed by atoms with Crippen LogP contribution in [0.5, 0.6) is 11.6 Å². The van der Waals surface area contributed by atoms with E-state index < -0.39 is 0 Å². The summed E-state index contributed by atoms with van der Waals surface area (Å²) < 4.78 is 5.70. The number of hydrogen-bond donors (Lipinski definition) is 1. The molecule has 0 unspecified atom stereocenters. The van der Waals surface area contributed by atoms with E-state index in [1.807, 2.05) is 30.3 Å². The molecule has 3 rings (SSSR count). The van der Waals surface area contributed by atoms with Gasteiger partial charge >= 0.3 is 0 Å². The molecule has 0 aliphatic rings. The fourth-order valence-electron chi connectivity index (χ4n) is 2.16. The lowest BCUT2D eigenvalue weighted by atomic mass is 10.2. The van der Waals surface area contributed by atoms with Gasteiger partial charge in [-0.1, -0.05) is 53.5 Å². The Kier molecular flexibility index (Phi) is 5.53. The van der Waals surface area contributed by atoms with Crippen LogP contribution < -0.4 is 10.1 Å². The quantitative estimate of drug-likeness (QED) is 0.676. The summed E-state index contributed by atoms with van der Waals surface area (Å²) in [7, 11) is 0. The van der Waals surface area contributed by atoms with Crippen molar-refractivity contribution in [1.82, 2.24) is 10.3 Å². The molecule has 1 amide bonds. The van der Waals surface area contributed by atoms with Crippen LogP contribution in [0.2, 0.25) is 10.0 Å². The highest BCUT2D eigenvalue weighted by Crippen LogP contribution is 2.26. The summed E-state index contributed by atoms with van der Waals surface area (Å²) in [5.74, 6) is 0.386. The Labute approximate surface area is 155 Å².